The van der Waals surface area contributed by atoms with E-state index in [2.05, 4.69) is 0 Å². The Labute approximate surface area is 117 Å². The molecule has 0 N–H and O–H groups in total. The van der Waals surface area contributed by atoms with Crippen molar-refractivity contribution >= 4 is 0 Å². The average Bonchev–Trinajstić information content (AvgIpc) is 2.54. The summed E-state index contributed by atoms with van der Waals surface area (Å²) in [6.07, 6.45) is 2.95. The van der Waals surface area contributed by atoms with E-state index in [0.717, 1.165) is 36.8 Å². The van der Waals surface area contributed by atoms with Crippen LogP contribution in [0.25, 0.3) is 0 Å². The second kappa shape index (κ2) is 4.08. The fourth-order valence-electron chi connectivity index (χ4n) is 3.97. The van der Waals surface area contributed by atoms with E-state index in [9.17, 15) is 21.0 Å². The molecule has 0 aromatic rings. The SMILES string of the molecule is N#CC1(C#N)[C@H]2CO[C@@H](C3=C2CCCC3)C1(C#N)C#N. The Morgan fingerprint density at radius 2 is 1.40 bits per heavy atom. The van der Waals surface area contributed by atoms with Gasteiger partial charge in [0, 0.05) is 5.92 Å². The highest BCUT2D eigenvalue weighted by Crippen LogP contribution is 2.61. The maximum Gasteiger partial charge on any atom is 0.205 e. The van der Waals surface area contributed by atoms with Gasteiger partial charge in [0.1, 0.15) is 6.10 Å². The van der Waals surface area contributed by atoms with Crippen LogP contribution < -0.4 is 0 Å². The first-order valence-corrected chi connectivity index (χ1v) is 6.69. The predicted molar refractivity (Wildman–Crippen MR) is 66.0 cm³/mol. The molecule has 2 heterocycles. The van der Waals surface area contributed by atoms with Crippen LogP contribution in [-0.2, 0) is 4.74 Å². The van der Waals surface area contributed by atoms with Crippen LogP contribution in [0.3, 0.4) is 0 Å². The second-order valence-corrected chi connectivity index (χ2v) is 5.59. The van der Waals surface area contributed by atoms with Crippen LogP contribution >= 0.6 is 0 Å². The number of nitrogens with zero attached hydrogens (tertiary/aromatic N) is 4. The van der Waals surface area contributed by atoms with Crippen LogP contribution in [0, 0.1) is 62.1 Å². The van der Waals surface area contributed by atoms with Crippen LogP contribution in [0.5, 0.6) is 0 Å². The molecule has 0 aromatic carbocycles. The molecule has 4 rings (SSSR count). The molecule has 5 heteroatoms. The largest absolute Gasteiger partial charge is 0.370 e. The van der Waals surface area contributed by atoms with E-state index in [0.29, 0.717) is 0 Å². The van der Waals surface area contributed by atoms with Crippen LogP contribution in [0.2, 0.25) is 0 Å². The van der Waals surface area contributed by atoms with E-state index in [-0.39, 0.29) is 6.61 Å². The van der Waals surface area contributed by atoms with Crippen molar-refractivity contribution < 1.29 is 4.74 Å². The van der Waals surface area contributed by atoms with Crippen LogP contribution in [0.1, 0.15) is 25.7 Å². The third kappa shape index (κ3) is 1.13. The van der Waals surface area contributed by atoms with E-state index >= 15 is 0 Å². The van der Waals surface area contributed by atoms with Crippen LogP contribution in [-0.4, -0.2) is 12.7 Å². The van der Waals surface area contributed by atoms with Crippen LogP contribution in [0.15, 0.2) is 11.1 Å². The fraction of sp³-hybridized carbons (Fsp3) is 0.600. The normalized spacial score (nSPS) is 32.2. The Morgan fingerprint density at radius 3 is 1.95 bits per heavy atom. The third-order valence-electron chi connectivity index (χ3n) is 4.96. The quantitative estimate of drug-likeness (QED) is 0.622. The van der Waals surface area contributed by atoms with Crippen molar-refractivity contribution in [2.75, 3.05) is 6.61 Å². The molecule has 2 atom stereocenters. The predicted octanol–water partition coefficient (Wildman–Crippen LogP) is 1.95. The highest BCUT2D eigenvalue weighted by atomic mass is 16.5. The Morgan fingerprint density at radius 1 is 0.850 bits per heavy atom. The molecular weight excluding hydrogens is 252 g/mol. The van der Waals surface area contributed by atoms with Crippen molar-refractivity contribution in [3.8, 4) is 24.3 Å². The van der Waals surface area contributed by atoms with Gasteiger partial charge >= 0.3 is 0 Å². The van der Waals surface area contributed by atoms with Gasteiger partial charge in [-0.1, -0.05) is 5.57 Å². The number of ether oxygens (including phenoxy) is 1. The van der Waals surface area contributed by atoms with Crippen molar-refractivity contribution in [1.82, 2.24) is 0 Å². The molecule has 0 unspecified atom stereocenters. The van der Waals surface area contributed by atoms with Crippen LogP contribution in [0.4, 0.5) is 0 Å². The summed E-state index contributed by atoms with van der Waals surface area (Å²) in [6, 6.07) is 7.93. The van der Waals surface area contributed by atoms with Gasteiger partial charge < -0.3 is 4.74 Å². The van der Waals surface area contributed by atoms with Gasteiger partial charge in [0.05, 0.1) is 30.9 Å². The molecular formula is C15H12N4O. The zero-order chi connectivity index (χ0) is 14.4. The van der Waals surface area contributed by atoms with E-state index in [1.165, 1.54) is 0 Å². The Balaban J connectivity index is 2.32. The van der Waals surface area contributed by atoms with Crippen molar-refractivity contribution in [2.45, 2.75) is 31.8 Å². The summed E-state index contributed by atoms with van der Waals surface area (Å²) >= 11 is 0. The lowest BCUT2D eigenvalue weighted by Gasteiger charge is -2.54. The molecule has 4 aliphatic rings. The molecule has 0 amide bonds. The van der Waals surface area contributed by atoms with E-state index in [1.807, 2.05) is 24.3 Å². The topological polar surface area (TPSA) is 104 Å². The smallest absolute Gasteiger partial charge is 0.205 e. The van der Waals surface area contributed by atoms with Gasteiger partial charge in [0.25, 0.3) is 0 Å². The monoisotopic (exact) mass is 264 g/mol. The number of rotatable bonds is 0. The molecule has 0 radical (unpaired) electrons. The highest BCUT2D eigenvalue weighted by Gasteiger charge is 2.70. The van der Waals surface area contributed by atoms with E-state index < -0.39 is 22.9 Å². The standard InChI is InChI=1S/C15H12N4O/c16-6-14(7-17)12-5-20-13(15(14,8-18)9-19)11-4-2-1-3-10(11)12/h12-13H,1-5H2/t12-,13-/m0/s1. The number of hydrogen-bond donors (Lipinski definition) is 0. The summed E-state index contributed by atoms with van der Waals surface area (Å²) in [5.74, 6) is -0.447. The van der Waals surface area contributed by atoms with Gasteiger partial charge in [-0.15, -0.1) is 0 Å². The molecule has 2 aliphatic carbocycles. The lowest BCUT2D eigenvalue weighted by Crippen LogP contribution is -2.62. The van der Waals surface area contributed by atoms with Gasteiger partial charge in [-0.3, -0.25) is 0 Å². The first kappa shape index (κ1) is 12.7. The average molecular weight is 264 g/mol. The molecule has 2 aliphatic heterocycles. The van der Waals surface area contributed by atoms with E-state index in [1.54, 1.807) is 0 Å². The summed E-state index contributed by atoms with van der Waals surface area (Å²) in [7, 11) is 0. The van der Waals surface area contributed by atoms with Gasteiger partial charge in [-0.25, -0.2) is 0 Å². The van der Waals surface area contributed by atoms with E-state index in [4.69, 9.17) is 4.74 Å². The van der Waals surface area contributed by atoms with Crippen molar-refractivity contribution in [1.29, 1.82) is 21.0 Å². The summed E-state index contributed by atoms with van der Waals surface area (Å²) < 4.78 is 5.70. The van der Waals surface area contributed by atoms with Crippen molar-refractivity contribution in [3.63, 3.8) is 0 Å². The van der Waals surface area contributed by atoms with Gasteiger partial charge in [0.15, 0.2) is 5.41 Å². The number of nitriles is 4. The minimum absolute atomic E-state index is 0.260. The summed E-state index contributed by atoms with van der Waals surface area (Å²) in [5.41, 5.74) is -1.24. The molecule has 0 spiro atoms. The molecule has 0 aromatic heterocycles. The fourth-order valence-corrected chi connectivity index (χ4v) is 3.97. The minimum Gasteiger partial charge on any atom is -0.370 e. The molecule has 0 saturated carbocycles. The first-order chi connectivity index (χ1) is 9.70. The summed E-state index contributed by atoms with van der Waals surface area (Å²) in [5, 5.41) is 38.3. The maximum atomic E-state index is 9.60. The second-order valence-electron chi connectivity index (χ2n) is 5.59. The molecule has 20 heavy (non-hydrogen) atoms. The lowest BCUT2D eigenvalue weighted by atomic mass is 9.48. The third-order valence-corrected chi connectivity index (χ3v) is 4.96. The minimum atomic E-state index is -1.71. The Kier molecular flexibility index (Phi) is 2.58. The number of fused-ring (bicyclic) bond motifs is 2. The Bertz CT molecular complexity index is 578. The van der Waals surface area contributed by atoms with Crippen molar-refractivity contribution in [2.24, 2.45) is 16.7 Å². The maximum absolute atomic E-state index is 9.60. The van der Waals surface area contributed by atoms with Gasteiger partial charge in [-0.2, -0.15) is 21.0 Å². The summed E-state index contributed by atoms with van der Waals surface area (Å²) in [6.45, 7) is 0.260. The zero-order valence-corrected chi connectivity index (χ0v) is 10.9. The Hall–Kier alpha value is -2.34. The first-order valence-electron chi connectivity index (χ1n) is 6.69. The molecule has 98 valence electrons. The highest BCUT2D eigenvalue weighted by molar-refractivity contribution is 5.50. The number of hydrogen-bond acceptors (Lipinski definition) is 5. The van der Waals surface area contributed by atoms with Gasteiger partial charge in [0.2, 0.25) is 5.41 Å². The molecule has 1 saturated heterocycles. The van der Waals surface area contributed by atoms with Gasteiger partial charge in [-0.05, 0) is 31.3 Å². The summed E-state index contributed by atoms with van der Waals surface area (Å²) in [4.78, 5) is 0. The van der Waals surface area contributed by atoms with Crippen molar-refractivity contribution in [3.05, 3.63) is 11.1 Å². The molecule has 2 bridgehead atoms. The molecule has 1 fully saturated rings. The molecule has 5 nitrogen and oxygen atoms in total. The zero-order valence-electron chi connectivity index (χ0n) is 10.9. The lowest BCUT2D eigenvalue weighted by molar-refractivity contribution is -0.103.